The second-order valence-electron chi connectivity index (χ2n) is 7.22. The van der Waals surface area contributed by atoms with Crippen LogP contribution < -0.4 is 9.62 Å². The number of nitrogens with zero attached hydrogens (tertiary/aromatic N) is 1. The highest BCUT2D eigenvalue weighted by Crippen LogP contribution is 2.26. The van der Waals surface area contributed by atoms with E-state index in [0.717, 1.165) is 36.8 Å². The fourth-order valence-corrected chi connectivity index (χ4v) is 5.03. The molecule has 1 aliphatic rings. The lowest BCUT2D eigenvalue weighted by atomic mass is 10.1. The van der Waals surface area contributed by atoms with Gasteiger partial charge in [-0.3, -0.25) is 9.10 Å². The predicted molar refractivity (Wildman–Crippen MR) is 107 cm³/mol. The lowest BCUT2D eigenvalue weighted by Gasteiger charge is -2.25. The van der Waals surface area contributed by atoms with Crippen molar-refractivity contribution in [3.8, 4) is 0 Å². The molecule has 1 saturated carbocycles. The Bertz CT molecular complexity index is 884. The first-order chi connectivity index (χ1) is 12.9. The first-order valence-electron chi connectivity index (χ1n) is 9.32. The van der Waals surface area contributed by atoms with E-state index in [1.807, 2.05) is 19.9 Å². The van der Waals surface area contributed by atoms with Crippen LogP contribution >= 0.6 is 0 Å². The van der Waals surface area contributed by atoms with E-state index in [9.17, 15) is 13.2 Å². The maximum atomic E-state index is 13.3. The molecule has 0 heterocycles. The van der Waals surface area contributed by atoms with Crippen LogP contribution in [0.2, 0.25) is 0 Å². The Morgan fingerprint density at radius 1 is 1.04 bits per heavy atom. The van der Waals surface area contributed by atoms with Crippen LogP contribution in [0.5, 0.6) is 0 Å². The lowest BCUT2D eigenvalue weighted by Crippen LogP contribution is -2.43. The molecule has 0 spiro atoms. The summed E-state index contributed by atoms with van der Waals surface area (Å²) in [4.78, 5) is 12.8. The van der Waals surface area contributed by atoms with E-state index in [2.05, 4.69) is 5.32 Å². The standard InChI is InChI=1S/C21H26N2O3S/c1-16-12-17(2)14-19(13-16)23(15-21(24)22-18-8-6-7-9-18)27(25,26)20-10-4-3-5-11-20/h3-5,10-14,18H,6-9,15H2,1-2H3,(H,22,24). The van der Waals surface area contributed by atoms with Gasteiger partial charge in [-0.15, -0.1) is 0 Å². The van der Waals surface area contributed by atoms with Crippen molar-refractivity contribution >= 4 is 21.6 Å². The molecule has 0 atom stereocenters. The number of nitrogens with one attached hydrogen (secondary N) is 1. The minimum Gasteiger partial charge on any atom is -0.352 e. The molecule has 1 amide bonds. The summed E-state index contributed by atoms with van der Waals surface area (Å²) in [5.74, 6) is -0.263. The number of carbonyl (C=O) groups excluding carboxylic acids is 1. The molecule has 0 unspecified atom stereocenters. The number of aryl methyl sites for hydroxylation is 2. The molecule has 0 aromatic heterocycles. The maximum absolute atomic E-state index is 13.3. The third-order valence-electron chi connectivity index (χ3n) is 4.83. The number of hydrogen-bond donors (Lipinski definition) is 1. The van der Waals surface area contributed by atoms with Crippen molar-refractivity contribution in [3.05, 3.63) is 59.7 Å². The van der Waals surface area contributed by atoms with E-state index in [0.29, 0.717) is 5.69 Å². The van der Waals surface area contributed by atoms with Gasteiger partial charge in [-0.05, 0) is 62.1 Å². The minimum absolute atomic E-state index is 0.151. The molecule has 0 saturated heterocycles. The quantitative estimate of drug-likeness (QED) is 0.825. The van der Waals surface area contributed by atoms with Gasteiger partial charge in [0, 0.05) is 6.04 Å². The topological polar surface area (TPSA) is 66.5 Å². The van der Waals surface area contributed by atoms with Crippen LogP contribution in [0.25, 0.3) is 0 Å². The molecule has 0 bridgehead atoms. The summed E-state index contributed by atoms with van der Waals surface area (Å²) in [5.41, 5.74) is 2.42. The van der Waals surface area contributed by atoms with Gasteiger partial charge in [-0.25, -0.2) is 8.42 Å². The van der Waals surface area contributed by atoms with Gasteiger partial charge < -0.3 is 5.32 Å². The molecule has 2 aromatic rings. The molecule has 27 heavy (non-hydrogen) atoms. The fraction of sp³-hybridized carbons (Fsp3) is 0.381. The van der Waals surface area contributed by atoms with Crippen LogP contribution in [-0.2, 0) is 14.8 Å². The van der Waals surface area contributed by atoms with Crippen molar-refractivity contribution in [2.75, 3.05) is 10.8 Å². The number of benzene rings is 2. The molecule has 1 N–H and O–H groups in total. The molecule has 1 aliphatic carbocycles. The van der Waals surface area contributed by atoms with Crippen LogP contribution in [0.15, 0.2) is 53.4 Å². The zero-order valence-electron chi connectivity index (χ0n) is 15.8. The third-order valence-corrected chi connectivity index (χ3v) is 6.62. The van der Waals surface area contributed by atoms with Crippen LogP contribution in [-0.4, -0.2) is 26.9 Å². The van der Waals surface area contributed by atoms with Crippen molar-refractivity contribution in [1.29, 1.82) is 0 Å². The molecule has 0 aliphatic heterocycles. The smallest absolute Gasteiger partial charge is 0.264 e. The van der Waals surface area contributed by atoms with Crippen molar-refractivity contribution < 1.29 is 13.2 Å². The molecule has 0 radical (unpaired) electrons. The van der Waals surface area contributed by atoms with Crippen molar-refractivity contribution in [2.24, 2.45) is 0 Å². The van der Waals surface area contributed by atoms with Gasteiger partial charge in [0.25, 0.3) is 10.0 Å². The second kappa shape index (κ2) is 8.13. The summed E-state index contributed by atoms with van der Waals surface area (Å²) < 4.78 is 27.8. The average molecular weight is 387 g/mol. The van der Waals surface area contributed by atoms with Crippen LogP contribution in [0.4, 0.5) is 5.69 Å². The number of sulfonamides is 1. The van der Waals surface area contributed by atoms with Crippen LogP contribution in [0.3, 0.4) is 0 Å². The fourth-order valence-electron chi connectivity index (χ4n) is 3.60. The van der Waals surface area contributed by atoms with E-state index in [1.165, 1.54) is 4.31 Å². The van der Waals surface area contributed by atoms with Crippen molar-refractivity contribution in [2.45, 2.75) is 50.5 Å². The van der Waals surface area contributed by atoms with Crippen LogP contribution in [0, 0.1) is 13.8 Å². The van der Waals surface area contributed by atoms with Crippen molar-refractivity contribution in [3.63, 3.8) is 0 Å². The lowest BCUT2D eigenvalue weighted by molar-refractivity contribution is -0.120. The van der Waals surface area contributed by atoms with Gasteiger partial charge in [0.2, 0.25) is 5.91 Å². The highest BCUT2D eigenvalue weighted by Gasteiger charge is 2.28. The molecular weight excluding hydrogens is 360 g/mol. The number of anilines is 1. The average Bonchev–Trinajstić information content (AvgIpc) is 3.12. The van der Waals surface area contributed by atoms with Gasteiger partial charge >= 0.3 is 0 Å². The monoisotopic (exact) mass is 386 g/mol. The Kier molecular flexibility index (Phi) is 5.85. The summed E-state index contributed by atoms with van der Waals surface area (Å²) in [6.45, 7) is 3.61. The third kappa shape index (κ3) is 4.69. The molecule has 6 heteroatoms. The van der Waals surface area contributed by atoms with E-state index in [1.54, 1.807) is 42.5 Å². The summed E-state index contributed by atoms with van der Waals surface area (Å²) in [7, 11) is -3.84. The Morgan fingerprint density at radius 3 is 2.22 bits per heavy atom. The number of amides is 1. The normalized spacial score (nSPS) is 14.9. The molecule has 2 aromatic carbocycles. The first kappa shape index (κ1) is 19.4. The number of carbonyl (C=O) groups is 1. The van der Waals surface area contributed by atoms with Crippen molar-refractivity contribution in [1.82, 2.24) is 5.32 Å². The highest BCUT2D eigenvalue weighted by molar-refractivity contribution is 7.92. The van der Waals surface area contributed by atoms with Gasteiger partial charge in [0.05, 0.1) is 10.6 Å². The van der Waals surface area contributed by atoms with Crippen LogP contribution in [0.1, 0.15) is 36.8 Å². The summed E-state index contributed by atoms with van der Waals surface area (Å²) in [6.07, 6.45) is 4.13. The Labute approximate surface area is 161 Å². The van der Waals surface area contributed by atoms with Gasteiger partial charge in [-0.2, -0.15) is 0 Å². The highest BCUT2D eigenvalue weighted by atomic mass is 32.2. The SMILES string of the molecule is Cc1cc(C)cc(N(CC(=O)NC2CCCC2)S(=O)(=O)c2ccccc2)c1. The Balaban J connectivity index is 1.94. The molecule has 3 rings (SSSR count). The molecule has 5 nitrogen and oxygen atoms in total. The van der Waals surface area contributed by atoms with Gasteiger partial charge in [-0.1, -0.05) is 37.1 Å². The number of hydrogen-bond acceptors (Lipinski definition) is 3. The van der Waals surface area contributed by atoms with E-state index < -0.39 is 10.0 Å². The zero-order chi connectivity index (χ0) is 19.4. The number of rotatable bonds is 6. The van der Waals surface area contributed by atoms with E-state index in [4.69, 9.17) is 0 Å². The van der Waals surface area contributed by atoms with E-state index >= 15 is 0 Å². The van der Waals surface area contributed by atoms with Gasteiger partial charge in [0.15, 0.2) is 0 Å². The molecule has 144 valence electrons. The summed E-state index contributed by atoms with van der Waals surface area (Å²) in [5, 5.41) is 2.99. The first-order valence-corrected chi connectivity index (χ1v) is 10.8. The molecular formula is C21H26N2O3S. The predicted octanol–water partition coefficient (Wildman–Crippen LogP) is 3.56. The maximum Gasteiger partial charge on any atom is 0.264 e. The van der Waals surface area contributed by atoms with Gasteiger partial charge in [0.1, 0.15) is 6.54 Å². The Morgan fingerprint density at radius 2 is 1.63 bits per heavy atom. The molecule has 1 fully saturated rings. The summed E-state index contributed by atoms with van der Waals surface area (Å²) in [6, 6.07) is 14.0. The minimum atomic E-state index is -3.84. The summed E-state index contributed by atoms with van der Waals surface area (Å²) >= 11 is 0. The second-order valence-corrected chi connectivity index (χ2v) is 9.08. The zero-order valence-corrected chi connectivity index (χ0v) is 16.6. The van der Waals surface area contributed by atoms with E-state index in [-0.39, 0.29) is 23.4 Å². The Hall–Kier alpha value is -2.34. The largest absolute Gasteiger partial charge is 0.352 e.